The smallest absolute Gasteiger partial charge is 0.254 e. The number of ether oxygens (including phenoxy) is 4. The summed E-state index contributed by atoms with van der Waals surface area (Å²) in [6, 6.07) is 10.7. The Morgan fingerprint density at radius 1 is 0.811 bits per heavy atom. The molecule has 0 radical (unpaired) electrons. The molecule has 1 fully saturated rings. The van der Waals surface area contributed by atoms with Crippen molar-refractivity contribution in [2.24, 2.45) is 16.1 Å². The highest BCUT2D eigenvalue weighted by Gasteiger charge is 2.25. The molecular formula is C26H33N5O6. The van der Waals surface area contributed by atoms with Crippen molar-refractivity contribution in [3.63, 3.8) is 0 Å². The molecule has 0 aliphatic carbocycles. The van der Waals surface area contributed by atoms with Crippen molar-refractivity contribution >= 4 is 24.2 Å². The maximum absolute atomic E-state index is 12.5. The summed E-state index contributed by atoms with van der Waals surface area (Å²) < 4.78 is 21.0. The lowest BCUT2D eigenvalue weighted by Crippen LogP contribution is -2.43. The van der Waals surface area contributed by atoms with Gasteiger partial charge >= 0.3 is 0 Å². The molecule has 0 bridgehead atoms. The van der Waals surface area contributed by atoms with Gasteiger partial charge in [-0.3, -0.25) is 14.5 Å². The third-order valence-electron chi connectivity index (χ3n) is 5.93. The van der Waals surface area contributed by atoms with Crippen molar-refractivity contribution in [2.45, 2.75) is 12.8 Å². The Morgan fingerprint density at radius 2 is 1.30 bits per heavy atom. The van der Waals surface area contributed by atoms with Crippen LogP contribution in [0.25, 0.3) is 0 Å². The van der Waals surface area contributed by atoms with Gasteiger partial charge in [0.15, 0.2) is 23.0 Å². The molecule has 3 rings (SSSR count). The van der Waals surface area contributed by atoms with Gasteiger partial charge in [-0.25, -0.2) is 10.9 Å². The molecule has 198 valence electrons. The first kappa shape index (κ1) is 27.5. The van der Waals surface area contributed by atoms with Crippen molar-refractivity contribution in [1.29, 1.82) is 0 Å². The number of methoxy groups -OCH3 is 4. The Hall–Kier alpha value is -4.12. The van der Waals surface area contributed by atoms with E-state index in [2.05, 4.69) is 21.1 Å². The molecule has 11 heteroatoms. The Labute approximate surface area is 216 Å². The van der Waals surface area contributed by atoms with Gasteiger partial charge in [0.05, 0.1) is 47.4 Å². The van der Waals surface area contributed by atoms with Crippen LogP contribution < -0.4 is 29.8 Å². The second-order valence-electron chi connectivity index (χ2n) is 8.31. The summed E-state index contributed by atoms with van der Waals surface area (Å²) in [5.74, 6) is 1.88. The van der Waals surface area contributed by atoms with Gasteiger partial charge in [-0.05, 0) is 73.5 Å². The standard InChI is InChI=1S/C26H33N5O6/c1-34-21-7-5-18(13-23(21)36-3)15-27-29-25(32)17-31-11-9-20(10-12-31)26(33)30-28-16-19-6-8-22(35-2)24(14-19)37-4/h5-8,13-16,20H,9-12,17H2,1-4H3,(H,29,32)(H,30,33)/b27-15+,28-16+. The Morgan fingerprint density at radius 3 is 1.78 bits per heavy atom. The van der Waals surface area contributed by atoms with Gasteiger partial charge in [-0.15, -0.1) is 0 Å². The molecule has 37 heavy (non-hydrogen) atoms. The minimum Gasteiger partial charge on any atom is -0.493 e. The third-order valence-corrected chi connectivity index (χ3v) is 5.93. The molecule has 11 nitrogen and oxygen atoms in total. The largest absolute Gasteiger partial charge is 0.493 e. The van der Waals surface area contributed by atoms with Crippen molar-refractivity contribution in [2.75, 3.05) is 48.1 Å². The molecule has 1 saturated heterocycles. The molecule has 0 saturated carbocycles. The van der Waals surface area contributed by atoms with Gasteiger partial charge in [-0.1, -0.05) is 0 Å². The molecule has 2 N–H and O–H groups in total. The number of nitrogens with one attached hydrogen (secondary N) is 2. The maximum atomic E-state index is 12.5. The number of benzene rings is 2. The first-order valence-corrected chi connectivity index (χ1v) is 11.8. The molecule has 2 aromatic carbocycles. The van der Waals surface area contributed by atoms with Crippen molar-refractivity contribution in [3.05, 3.63) is 47.5 Å². The van der Waals surface area contributed by atoms with Gasteiger partial charge in [-0.2, -0.15) is 10.2 Å². The fraction of sp³-hybridized carbons (Fsp3) is 0.385. The molecule has 1 heterocycles. The highest BCUT2D eigenvalue weighted by molar-refractivity contribution is 5.85. The summed E-state index contributed by atoms with van der Waals surface area (Å²) in [5.41, 5.74) is 6.68. The van der Waals surface area contributed by atoms with Gasteiger partial charge in [0.25, 0.3) is 5.91 Å². The zero-order valence-corrected chi connectivity index (χ0v) is 21.5. The van der Waals surface area contributed by atoms with Gasteiger partial charge in [0.2, 0.25) is 5.91 Å². The Balaban J connectivity index is 1.39. The molecular weight excluding hydrogens is 478 g/mol. The second-order valence-corrected chi connectivity index (χ2v) is 8.31. The number of carbonyl (C=O) groups is 2. The van der Waals surface area contributed by atoms with E-state index in [1.54, 1.807) is 65.1 Å². The number of likely N-dealkylation sites (tertiary alicyclic amines) is 1. The normalized spacial score (nSPS) is 14.5. The van der Waals surface area contributed by atoms with Crippen LogP contribution in [0.2, 0.25) is 0 Å². The molecule has 2 aromatic rings. The van der Waals surface area contributed by atoms with Crippen LogP contribution in [0.4, 0.5) is 0 Å². The predicted octanol–water partition coefficient (Wildman–Crippen LogP) is 2.03. The van der Waals surface area contributed by atoms with E-state index in [0.717, 1.165) is 11.1 Å². The van der Waals surface area contributed by atoms with Crippen LogP contribution in [-0.4, -0.2) is 77.2 Å². The number of hydrogen-bond donors (Lipinski definition) is 2. The van der Waals surface area contributed by atoms with Crippen molar-refractivity contribution in [3.8, 4) is 23.0 Å². The number of carbonyl (C=O) groups excluding carboxylic acids is 2. The molecule has 1 aliphatic rings. The summed E-state index contributed by atoms with van der Waals surface area (Å²) >= 11 is 0. The van der Waals surface area contributed by atoms with Crippen molar-refractivity contribution in [1.82, 2.24) is 15.8 Å². The highest BCUT2D eigenvalue weighted by atomic mass is 16.5. The molecule has 0 unspecified atom stereocenters. The van der Waals surface area contributed by atoms with Gasteiger partial charge in [0.1, 0.15) is 0 Å². The minimum absolute atomic E-state index is 0.139. The van der Waals surface area contributed by atoms with E-state index in [4.69, 9.17) is 18.9 Å². The third kappa shape index (κ3) is 7.94. The van der Waals surface area contributed by atoms with E-state index < -0.39 is 0 Å². The van der Waals surface area contributed by atoms with E-state index in [1.165, 1.54) is 0 Å². The maximum Gasteiger partial charge on any atom is 0.254 e. The number of hydrazone groups is 2. The van der Waals surface area contributed by atoms with Crippen LogP contribution in [0.15, 0.2) is 46.6 Å². The lowest BCUT2D eigenvalue weighted by atomic mass is 9.96. The number of amides is 2. The van der Waals surface area contributed by atoms with Crippen LogP contribution in [-0.2, 0) is 9.59 Å². The van der Waals surface area contributed by atoms with E-state index in [1.807, 2.05) is 17.0 Å². The fourth-order valence-corrected chi connectivity index (χ4v) is 3.90. The number of nitrogens with zero attached hydrogens (tertiary/aromatic N) is 3. The average molecular weight is 512 g/mol. The molecule has 2 amide bonds. The van der Waals surface area contributed by atoms with E-state index >= 15 is 0 Å². The molecule has 1 aliphatic heterocycles. The number of hydrogen-bond acceptors (Lipinski definition) is 9. The summed E-state index contributed by atoms with van der Waals surface area (Å²) in [6.07, 6.45) is 4.38. The van der Waals surface area contributed by atoms with Crippen LogP contribution in [0.1, 0.15) is 24.0 Å². The summed E-state index contributed by atoms with van der Waals surface area (Å²) in [7, 11) is 6.25. The molecule has 0 atom stereocenters. The highest BCUT2D eigenvalue weighted by Crippen LogP contribution is 2.27. The lowest BCUT2D eigenvalue weighted by molar-refractivity contribution is -0.126. The summed E-state index contributed by atoms with van der Waals surface area (Å²) in [6.45, 7) is 1.46. The van der Waals surface area contributed by atoms with E-state index in [0.29, 0.717) is 48.9 Å². The van der Waals surface area contributed by atoms with Crippen LogP contribution in [0, 0.1) is 5.92 Å². The lowest BCUT2D eigenvalue weighted by Gasteiger charge is -2.30. The van der Waals surface area contributed by atoms with Crippen LogP contribution >= 0.6 is 0 Å². The van der Waals surface area contributed by atoms with E-state index in [9.17, 15) is 9.59 Å². The zero-order chi connectivity index (χ0) is 26.6. The number of rotatable bonds is 11. The average Bonchev–Trinajstić information content (AvgIpc) is 2.93. The summed E-state index contributed by atoms with van der Waals surface area (Å²) in [5, 5.41) is 8.08. The van der Waals surface area contributed by atoms with Crippen molar-refractivity contribution < 1.29 is 28.5 Å². The van der Waals surface area contributed by atoms with Crippen LogP contribution in [0.5, 0.6) is 23.0 Å². The monoisotopic (exact) mass is 511 g/mol. The van der Waals surface area contributed by atoms with Gasteiger partial charge < -0.3 is 18.9 Å². The number of piperidine rings is 1. The van der Waals surface area contributed by atoms with Gasteiger partial charge in [0, 0.05) is 5.92 Å². The van der Waals surface area contributed by atoms with Crippen LogP contribution in [0.3, 0.4) is 0 Å². The minimum atomic E-state index is -0.223. The SMILES string of the molecule is COc1ccc(/C=N/NC(=O)CN2CCC(C(=O)N/N=C/c3ccc(OC)c(OC)c3)CC2)cc1OC. The first-order valence-electron chi connectivity index (χ1n) is 11.8. The quantitative estimate of drug-likeness (QED) is 0.350. The summed E-state index contributed by atoms with van der Waals surface area (Å²) in [4.78, 5) is 26.8. The molecule has 0 aromatic heterocycles. The first-order chi connectivity index (χ1) is 18.0. The molecule has 0 spiro atoms. The second kappa shape index (κ2) is 13.8. The predicted molar refractivity (Wildman–Crippen MR) is 140 cm³/mol. The Kier molecular flexibility index (Phi) is 10.3. The fourth-order valence-electron chi connectivity index (χ4n) is 3.90. The van der Waals surface area contributed by atoms with E-state index in [-0.39, 0.29) is 24.3 Å². The zero-order valence-electron chi connectivity index (χ0n) is 21.5. The Bertz CT molecular complexity index is 1130. The topological polar surface area (TPSA) is 123 Å².